The van der Waals surface area contributed by atoms with Crippen molar-refractivity contribution in [3.63, 3.8) is 0 Å². The zero-order valence-electron chi connectivity index (χ0n) is 6.36. The van der Waals surface area contributed by atoms with Crippen LogP contribution in [-0.4, -0.2) is 20.7 Å². The van der Waals surface area contributed by atoms with Crippen molar-refractivity contribution in [2.24, 2.45) is 0 Å². The van der Waals surface area contributed by atoms with E-state index >= 15 is 0 Å². The van der Waals surface area contributed by atoms with E-state index in [1.54, 1.807) is 12.1 Å². The molecule has 0 amide bonds. The molecule has 0 atom stereocenters. The van der Waals surface area contributed by atoms with Gasteiger partial charge in [-0.15, -0.1) is 0 Å². The van der Waals surface area contributed by atoms with Gasteiger partial charge in [-0.05, 0) is 0 Å². The van der Waals surface area contributed by atoms with Gasteiger partial charge in [0.2, 0.25) is 0 Å². The van der Waals surface area contributed by atoms with Gasteiger partial charge >= 0.3 is 77.0 Å². The van der Waals surface area contributed by atoms with E-state index in [-0.39, 0.29) is 20.7 Å². The van der Waals surface area contributed by atoms with Gasteiger partial charge in [0.15, 0.2) is 0 Å². The van der Waals surface area contributed by atoms with Crippen LogP contribution in [0.2, 0.25) is 5.32 Å². The molecule has 3 heteroatoms. The Morgan fingerprint density at radius 2 is 2.08 bits per heavy atom. The number of carbonyl (C=O) groups is 1. The van der Waals surface area contributed by atoms with Crippen LogP contribution in [0.15, 0.2) is 30.3 Å². The van der Waals surface area contributed by atoms with Gasteiger partial charge in [0.1, 0.15) is 0 Å². The van der Waals surface area contributed by atoms with Gasteiger partial charge in [-0.3, -0.25) is 0 Å². The van der Waals surface area contributed by atoms with Crippen LogP contribution in [-0.2, 0) is 0 Å². The Bertz CT molecular complexity index is 302. The van der Waals surface area contributed by atoms with Gasteiger partial charge in [-0.1, -0.05) is 0 Å². The predicted molar refractivity (Wildman–Crippen MR) is 46.9 cm³/mol. The van der Waals surface area contributed by atoms with Crippen LogP contribution in [0.5, 0.6) is 0 Å². The fraction of sp³-hybridized carbons (Fsp3) is 0.111. The van der Waals surface area contributed by atoms with Crippen molar-refractivity contribution in [1.29, 1.82) is 5.26 Å². The first-order valence-electron chi connectivity index (χ1n) is 3.43. The molecule has 0 saturated heterocycles. The molecule has 0 aliphatic carbocycles. The van der Waals surface area contributed by atoms with E-state index in [2.05, 4.69) is 0 Å². The molecule has 0 aromatic heterocycles. The third-order valence-corrected chi connectivity index (χ3v) is 2.49. The normalized spacial score (nSPS) is 8.92. The standard InChI is InChI=1S/C9H7NOSe/c10-7-12-6-9(11)8-4-2-1-3-5-8/h1-5H,6H2. The van der Waals surface area contributed by atoms with E-state index in [0.717, 1.165) is 0 Å². The van der Waals surface area contributed by atoms with Crippen molar-refractivity contribution in [3.05, 3.63) is 35.9 Å². The molecule has 12 heavy (non-hydrogen) atoms. The van der Waals surface area contributed by atoms with Crippen molar-refractivity contribution in [1.82, 2.24) is 0 Å². The molecule has 2 nitrogen and oxygen atoms in total. The number of hydrogen-bond acceptors (Lipinski definition) is 2. The molecule has 0 saturated carbocycles. The van der Waals surface area contributed by atoms with Crippen molar-refractivity contribution >= 4 is 20.7 Å². The van der Waals surface area contributed by atoms with E-state index < -0.39 is 0 Å². The molecular weight excluding hydrogens is 217 g/mol. The summed E-state index contributed by atoms with van der Waals surface area (Å²) in [6.45, 7) is 0. The first-order valence-corrected chi connectivity index (χ1v) is 5.50. The van der Waals surface area contributed by atoms with Crippen LogP contribution in [0.3, 0.4) is 0 Å². The zero-order valence-corrected chi connectivity index (χ0v) is 8.07. The van der Waals surface area contributed by atoms with Crippen molar-refractivity contribution < 1.29 is 4.79 Å². The summed E-state index contributed by atoms with van der Waals surface area (Å²) in [5, 5.41) is 8.67. The Balaban J connectivity index is 2.61. The van der Waals surface area contributed by atoms with Gasteiger partial charge in [0, 0.05) is 0 Å². The summed E-state index contributed by atoms with van der Waals surface area (Å²) >= 11 is -0.201. The van der Waals surface area contributed by atoms with Gasteiger partial charge in [0.25, 0.3) is 0 Å². The van der Waals surface area contributed by atoms with Crippen molar-refractivity contribution in [2.45, 2.75) is 5.32 Å². The first-order chi connectivity index (χ1) is 5.84. The Labute approximate surface area is 77.4 Å². The molecule has 0 aliphatic heterocycles. The Hall–Kier alpha value is -1.10. The van der Waals surface area contributed by atoms with Crippen LogP contribution in [0.25, 0.3) is 0 Å². The van der Waals surface area contributed by atoms with Gasteiger partial charge in [-0.2, -0.15) is 0 Å². The SMILES string of the molecule is N#C[Se]CC(=O)c1ccccc1. The molecule has 0 fully saturated rings. The molecule has 1 aromatic carbocycles. The summed E-state index contributed by atoms with van der Waals surface area (Å²) in [6.07, 6.45) is 0. The number of hydrogen-bond donors (Lipinski definition) is 0. The molecule has 1 aromatic rings. The van der Waals surface area contributed by atoms with Gasteiger partial charge in [-0.25, -0.2) is 0 Å². The van der Waals surface area contributed by atoms with Crippen LogP contribution < -0.4 is 0 Å². The summed E-state index contributed by atoms with van der Waals surface area (Å²) in [7, 11) is 0. The van der Waals surface area contributed by atoms with Crippen molar-refractivity contribution in [3.8, 4) is 4.97 Å². The van der Waals surface area contributed by atoms with Crippen LogP contribution in [0.4, 0.5) is 0 Å². The molecule has 60 valence electrons. The summed E-state index contributed by atoms with van der Waals surface area (Å²) in [4.78, 5) is 13.3. The summed E-state index contributed by atoms with van der Waals surface area (Å²) in [5.41, 5.74) is 0.703. The second kappa shape index (κ2) is 4.71. The minimum absolute atomic E-state index is 0.0668. The molecule has 0 unspecified atom stereocenters. The fourth-order valence-corrected chi connectivity index (χ4v) is 1.57. The second-order valence-electron chi connectivity index (χ2n) is 2.17. The van der Waals surface area contributed by atoms with Crippen LogP contribution in [0.1, 0.15) is 10.4 Å². The minimum atomic E-state index is -0.201. The van der Waals surface area contributed by atoms with E-state index in [1.807, 2.05) is 23.2 Å². The molecule has 0 heterocycles. The van der Waals surface area contributed by atoms with E-state index in [0.29, 0.717) is 10.9 Å². The quantitative estimate of drug-likeness (QED) is 0.576. The Kier molecular flexibility index (Phi) is 3.53. The third-order valence-electron chi connectivity index (χ3n) is 1.36. The van der Waals surface area contributed by atoms with E-state index in [4.69, 9.17) is 5.26 Å². The summed E-state index contributed by atoms with van der Waals surface area (Å²) in [5.74, 6) is 0.0668. The Morgan fingerprint density at radius 3 is 2.67 bits per heavy atom. The molecule has 0 N–H and O–H groups in total. The molecule has 0 aliphatic rings. The number of benzene rings is 1. The van der Waals surface area contributed by atoms with Crippen LogP contribution in [0, 0.1) is 10.2 Å². The number of Topliss-reactive ketones (excluding diaryl/α,β-unsaturated/α-hetero) is 1. The molecule has 1 rings (SSSR count). The average Bonchev–Trinajstić information content (AvgIpc) is 2.15. The van der Waals surface area contributed by atoms with Gasteiger partial charge in [0.05, 0.1) is 0 Å². The number of nitrogens with zero attached hydrogens (tertiary/aromatic N) is 1. The summed E-state index contributed by atoms with van der Waals surface area (Å²) in [6, 6.07) is 9.07. The number of rotatable bonds is 3. The fourth-order valence-electron chi connectivity index (χ4n) is 0.805. The molecule has 0 bridgehead atoms. The monoisotopic (exact) mass is 225 g/mol. The zero-order chi connectivity index (χ0) is 8.81. The first kappa shape index (κ1) is 8.99. The van der Waals surface area contributed by atoms with Crippen molar-refractivity contribution in [2.75, 3.05) is 0 Å². The maximum absolute atomic E-state index is 11.3. The number of carbonyl (C=O) groups excluding carboxylic acids is 1. The molecular formula is C9H7NOSe. The third kappa shape index (κ3) is 2.50. The predicted octanol–water partition coefficient (Wildman–Crippen LogP) is 1.47. The van der Waals surface area contributed by atoms with E-state index in [9.17, 15) is 4.79 Å². The second-order valence-corrected chi connectivity index (χ2v) is 3.76. The molecule has 0 radical (unpaired) electrons. The maximum atomic E-state index is 11.3. The Morgan fingerprint density at radius 1 is 1.42 bits per heavy atom. The van der Waals surface area contributed by atoms with E-state index in [1.165, 1.54) is 0 Å². The summed E-state index contributed by atoms with van der Waals surface area (Å²) < 4.78 is 0. The van der Waals surface area contributed by atoms with Crippen LogP contribution >= 0.6 is 0 Å². The number of nitriles is 1. The number of ketones is 1. The molecule has 0 spiro atoms. The average molecular weight is 224 g/mol. The topological polar surface area (TPSA) is 40.9 Å². The van der Waals surface area contributed by atoms with Gasteiger partial charge < -0.3 is 0 Å².